The summed E-state index contributed by atoms with van der Waals surface area (Å²) in [5, 5.41) is 2.12. The SMILES string of the molecule is COc1ccccc1C=C1SC=CC1C1CCCCC1=O. The number of allylic oxidation sites excluding steroid dienone is 2. The Balaban J connectivity index is 1.87. The van der Waals surface area contributed by atoms with Crippen LogP contribution in [0.25, 0.3) is 6.08 Å². The molecule has 2 nitrogen and oxygen atoms in total. The van der Waals surface area contributed by atoms with Crippen LogP contribution in [0.15, 0.2) is 40.7 Å². The van der Waals surface area contributed by atoms with Gasteiger partial charge in [-0.3, -0.25) is 4.79 Å². The van der Waals surface area contributed by atoms with Gasteiger partial charge in [-0.25, -0.2) is 0 Å². The molecule has 2 atom stereocenters. The van der Waals surface area contributed by atoms with E-state index in [4.69, 9.17) is 4.74 Å². The van der Waals surface area contributed by atoms with Crippen molar-refractivity contribution < 1.29 is 9.53 Å². The van der Waals surface area contributed by atoms with Crippen molar-refractivity contribution in [3.63, 3.8) is 0 Å². The standard InChI is InChI=1S/C18H20O2S/c1-20-17-9-5-2-6-13(17)12-18-15(10-11-21-18)14-7-3-4-8-16(14)19/h2,5-6,9-12,14-15H,3-4,7-8H2,1H3. The van der Waals surface area contributed by atoms with Gasteiger partial charge in [0.25, 0.3) is 0 Å². The molecule has 1 heterocycles. The fraction of sp³-hybridized carbons (Fsp3) is 0.389. The van der Waals surface area contributed by atoms with Crippen molar-refractivity contribution in [3.8, 4) is 5.75 Å². The topological polar surface area (TPSA) is 26.3 Å². The van der Waals surface area contributed by atoms with Gasteiger partial charge < -0.3 is 4.74 Å². The van der Waals surface area contributed by atoms with Crippen LogP contribution in [0.3, 0.4) is 0 Å². The lowest BCUT2D eigenvalue weighted by molar-refractivity contribution is -0.125. The predicted molar refractivity (Wildman–Crippen MR) is 88.2 cm³/mol. The van der Waals surface area contributed by atoms with E-state index in [9.17, 15) is 4.79 Å². The van der Waals surface area contributed by atoms with Crippen molar-refractivity contribution in [1.29, 1.82) is 0 Å². The number of para-hydroxylation sites is 1. The molecule has 0 saturated heterocycles. The van der Waals surface area contributed by atoms with Crippen LogP contribution in [0.1, 0.15) is 31.2 Å². The summed E-state index contributed by atoms with van der Waals surface area (Å²) < 4.78 is 5.42. The molecule has 1 saturated carbocycles. The van der Waals surface area contributed by atoms with Crippen molar-refractivity contribution >= 4 is 23.6 Å². The number of carbonyl (C=O) groups is 1. The summed E-state index contributed by atoms with van der Waals surface area (Å²) >= 11 is 1.73. The monoisotopic (exact) mass is 300 g/mol. The minimum atomic E-state index is 0.172. The Morgan fingerprint density at radius 3 is 2.95 bits per heavy atom. The van der Waals surface area contributed by atoms with E-state index >= 15 is 0 Å². The maximum absolute atomic E-state index is 12.2. The number of rotatable bonds is 3. The molecular weight excluding hydrogens is 280 g/mol. The van der Waals surface area contributed by atoms with Crippen molar-refractivity contribution in [2.45, 2.75) is 25.7 Å². The highest BCUT2D eigenvalue weighted by molar-refractivity contribution is 8.06. The number of ether oxygens (including phenoxy) is 1. The van der Waals surface area contributed by atoms with Gasteiger partial charge in [0.1, 0.15) is 11.5 Å². The number of thioether (sulfide) groups is 1. The van der Waals surface area contributed by atoms with E-state index in [0.717, 1.165) is 30.6 Å². The van der Waals surface area contributed by atoms with Crippen LogP contribution in [0.2, 0.25) is 0 Å². The quantitative estimate of drug-likeness (QED) is 0.811. The lowest BCUT2D eigenvalue weighted by Crippen LogP contribution is -2.25. The molecule has 0 bridgehead atoms. The van der Waals surface area contributed by atoms with Crippen LogP contribution in [0, 0.1) is 11.8 Å². The Hall–Kier alpha value is -1.48. The Bertz CT molecular complexity index is 589. The van der Waals surface area contributed by atoms with Gasteiger partial charge in [-0.2, -0.15) is 0 Å². The number of hydrogen-bond donors (Lipinski definition) is 0. The van der Waals surface area contributed by atoms with Crippen LogP contribution in [0.5, 0.6) is 5.75 Å². The summed E-state index contributed by atoms with van der Waals surface area (Å²) in [7, 11) is 1.69. The molecule has 110 valence electrons. The zero-order valence-corrected chi connectivity index (χ0v) is 13.1. The molecule has 0 spiro atoms. The van der Waals surface area contributed by atoms with Gasteiger partial charge in [-0.1, -0.05) is 30.7 Å². The molecule has 21 heavy (non-hydrogen) atoms. The van der Waals surface area contributed by atoms with Crippen molar-refractivity contribution in [2.24, 2.45) is 11.8 Å². The molecule has 0 N–H and O–H groups in total. The third kappa shape index (κ3) is 3.08. The molecule has 3 rings (SSSR count). The average molecular weight is 300 g/mol. The minimum absolute atomic E-state index is 0.172. The van der Waals surface area contributed by atoms with Crippen LogP contribution in [-0.4, -0.2) is 12.9 Å². The van der Waals surface area contributed by atoms with Gasteiger partial charge in [-0.05, 0) is 35.3 Å². The molecule has 1 fully saturated rings. The van der Waals surface area contributed by atoms with Crippen molar-refractivity contribution in [1.82, 2.24) is 0 Å². The van der Waals surface area contributed by atoms with E-state index in [2.05, 4.69) is 23.6 Å². The first kappa shape index (κ1) is 14.5. The van der Waals surface area contributed by atoms with E-state index in [1.807, 2.05) is 18.2 Å². The van der Waals surface area contributed by atoms with Gasteiger partial charge in [-0.15, -0.1) is 11.8 Å². The highest BCUT2D eigenvalue weighted by Crippen LogP contribution is 2.43. The van der Waals surface area contributed by atoms with Crippen LogP contribution >= 0.6 is 11.8 Å². The Morgan fingerprint density at radius 2 is 2.14 bits per heavy atom. The molecule has 2 aliphatic rings. The highest BCUT2D eigenvalue weighted by Gasteiger charge is 2.33. The first-order chi connectivity index (χ1) is 10.3. The van der Waals surface area contributed by atoms with Crippen LogP contribution in [0.4, 0.5) is 0 Å². The number of hydrogen-bond acceptors (Lipinski definition) is 3. The first-order valence-corrected chi connectivity index (χ1v) is 8.38. The minimum Gasteiger partial charge on any atom is -0.496 e. The average Bonchev–Trinajstić information content (AvgIpc) is 2.96. The fourth-order valence-electron chi connectivity index (χ4n) is 3.17. The first-order valence-electron chi connectivity index (χ1n) is 7.50. The Kier molecular flexibility index (Phi) is 4.49. The molecule has 0 aromatic heterocycles. The van der Waals surface area contributed by atoms with Gasteiger partial charge in [0, 0.05) is 23.8 Å². The Morgan fingerprint density at radius 1 is 1.29 bits per heavy atom. The molecule has 3 heteroatoms. The zero-order chi connectivity index (χ0) is 14.7. The third-order valence-corrected chi connectivity index (χ3v) is 5.25. The van der Waals surface area contributed by atoms with Crippen LogP contribution in [-0.2, 0) is 4.79 Å². The molecule has 2 unspecified atom stereocenters. The molecule has 0 amide bonds. The second-order valence-electron chi connectivity index (χ2n) is 5.58. The second-order valence-corrected chi connectivity index (χ2v) is 6.56. The fourth-order valence-corrected chi connectivity index (χ4v) is 4.17. The van der Waals surface area contributed by atoms with Crippen molar-refractivity contribution in [2.75, 3.05) is 7.11 Å². The van der Waals surface area contributed by atoms with E-state index in [0.29, 0.717) is 5.78 Å². The third-order valence-electron chi connectivity index (χ3n) is 4.29. The van der Waals surface area contributed by atoms with Gasteiger partial charge in [0.2, 0.25) is 0 Å². The zero-order valence-electron chi connectivity index (χ0n) is 12.2. The molecule has 1 aromatic rings. The maximum Gasteiger partial charge on any atom is 0.136 e. The Labute approximate surface area is 130 Å². The number of carbonyl (C=O) groups excluding carboxylic acids is 1. The van der Waals surface area contributed by atoms with Gasteiger partial charge in [0.05, 0.1) is 7.11 Å². The highest BCUT2D eigenvalue weighted by atomic mass is 32.2. The van der Waals surface area contributed by atoms with Crippen molar-refractivity contribution in [3.05, 3.63) is 46.2 Å². The number of benzene rings is 1. The number of Topliss-reactive ketones (excluding diaryl/α,β-unsaturated/α-hetero) is 1. The summed E-state index contributed by atoms with van der Waals surface area (Å²) in [6.07, 6.45) is 8.38. The lowest BCUT2D eigenvalue weighted by atomic mass is 9.78. The predicted octanol–water partition coefficient (Wildman–Crippen LogP) is 4.67. The van der Waals surface area contributed by atoms with Gasteiger partial charge >= 0.3 is 0 Å². The summed E-state index contributed by atoms with van der Waals surface area (Å²) in [5.74, 6) is 1.74. The molecule has 0 radical (unpaired) electrons. The lowest BCUT2D eigenvalue weighted by Gasteiger charge is -2.26. The van der Waals surface area contributed by atoms with E-state index < -0.39 is 0 Å². The maximum atomic E-state index is 12.2. The summed E-state index contributed by atoms with van der Waals surface area (Å²) in [6, 6.07) is 8.02. The largest absolute Gasteiger partial charge is 0.496 e. The molecule has 1 aliphatic heterocycles. The van der Waals surface area contributed by atoms with E-state index in [1.165, 1.54) is 11.3 Å². The summed E-state index contributed by atoms with van der Waals surface area (Å²) in [5.41, 5.74) is 1.08. The smallest absolute Gasteiger partial charge is 0.136 e. The molecule has 1 aromatic carbocycles. The normalized spacial score (nSPS) is 27.3. The summed E-state index contributed by atoms with van der Waals surface area (Å²) in [6.45, 7) is 0. The molecule has 1 aliphatic carbocycles. The number of ketones is 1. The second kappa shape index (κ2) is 6.52. The van der Waals surface area contributed by atoms with Gasteiger partial charge in [0.15, 0.2) is 0 Å². The summed E-state index contributed by atoms with van der Waals surface area (Å²) in [4.78, 5) is 13.5. The molecular formula is C18H20O2S. The number of methoxy groups -OCH3 is 1. The van der Waals surface area contributed by atoms with E-state index in [-0.39, 0.29) is 11.8 Å². The van der Waals surface area contributed by atoms with E-state index in [1.54, 1.807) is 18.9 Å². The van der Waals surface area contributed by atoms with Crippen LogP contribution < -0.4 is 4.74 Å².